The highest BCUT2D eigenvalue weighted by Gasteiger charge is 2.48. The van der Waals surface area contributed by atoms with E-state index in [0.717, 1.165) is 27.2 Å². The van der Waals surface area contributed by atoms with Crippen LogP contribution in [0.25, 0.3) is 17.2 Å². The number of benzene rings is 2. The average molecular weight is 517 g/mol. The van der Waals surface area contributed by atoms with Gasteiger partial charge in [-0.3, -0.25) is 4.79 Å². The number of thioether (sulfide) groups is 1. The molecule has 4 rings (SSSR count). The summed E-state index contributed by atoms with van der Waals surface area (Å²) in [7, 11) is 0. The van der Waals surface area contributed by atoms with Crippen LogP contribution in [0, 0.1) is 5.82 Å². The molecule has 36 heavy (non-hydrogen) atoms. The third-order valence-corrected chi connectivity index (χ3v) is 7.01. The summed E-state index contributed by atoms with van der Waals surface area (Å²) >= 11 is 1.62. The number of allylic oxidation sites excluding steroid dienone is 2. The van der Waals surface area contributed by atoms with E-state index < -0.39 is 48.5 Å². The molecule has 2 aliphatic rings. The third-order valence-electron chi connectivity index (χ3n) is 6.26. The van der Waals surface area contributed by atoms with Crippen LogP contribution in [0.3, 0.4) is 0 Å². The number of halogens is 1. The maximum atomic E-state index is 14.1. The minimum absolute atomic E-state index is 0.325. The van der Waals surface area contributed by atoms with Gasteiger partial charge in [-0.15, -0.1) is 11.8 Å². The van der Waals surface area contributed by atoms with Crippen LogP contribution in [0.5, 0.6) is 0 Å². The van der Waals surface area contributed by atoms with Crippen molar-refractivity contribution in [2.45, 2.75) is 48.9 Å². The van der Waals surface area contributed by atoms with Gasteiger partial charge in [0.05, 0.1) is 6.42 Å². The maximum absolute atomic E-state index is 14.1. The highest BCUT2D eigenvalue weighted by atomic mass is 32.2. The van der Waals surface area contributed by atoms with E-state index in [4.69, 9.17) is 9.47 Å². The summed E-state index contributed by atoms with van der Waals surface area (Å²) in [6.07, 6.45) is -5.76. The van der Waals surface area contributed by atoms with Crippen molar-refractivity contribution in [3.05, 3.63) is 70.5 Å². The molecule has 0 saturated carbocycles. The van der Waals surface area contributed by atoms with Crippen LogP contribution in [0.15, 0.2) is 52.9 Å². The van der Waals surface area contributed by atoms with Gasteiger partial charge in [0.15, 0.2) is 6.10 Å². The van der Waals surface area contributed by atoms with Crippen molar-refractivity contribution in [2.75, 3.05) is 6.26 Å². The molecule has 8 nitrogen and oxygen atoms in total. The molecule has 0 spiro atoms. The van der Waals surface area contributed by atoms with Gasteiger partial charge in [0.2, 0.25) is 6.29 Å². The van der Waals surface area contributed by atoms with Gasteiger partial charge in [-0.1, -0.05) is 18.2 Å². The van der Waals surface area contributed by atoms with Crippen molar-refractivity contribution in [3.63, 3.8) is 0 Å². The molecule has 1 aliphatic carbocycles. The Balaban J connectivity index is 1.60. The van der Waals surface area contributed by atoms with Crippen LogP contribution < -0.4 is 0 Å². The Kier molecular flexibility index (Phi) is 7.62. The van der Waals surface area contributed by atoms with E-state index in [1.807, 2.05) is 36.6 Å². The van der Waals surface area contributed by atoms with Crippen molar-refractivity contribution in [1.82, 2.24) is 0 Å². The molecule has 0 aromatic heterocycles. The van der Waals surface area contributed by atoms with Gasteiger partial charge in [-0.05, 0) is 76.9 Å². The van der Waals surface area contributed by atoms with Crippen LogP contribution in [0.1, 0.15) is 30.0 Å². The average Bonchev–Trinajstić information content (AvgIpc) is 3.09. The second-order valence-corrected chi connectivity index (χ2v) is 9.41. The van der Waals surface area contributed by atoms with Gasteiger partial charge in [-0.2, -0.15) is 0 Å². The second-order valence-electron chi connectivity index (χ2n) is 8.53. The predicted molar refractivity (Wildman–Crippen MR) is 130 cm³/mol. The zero-order chi connectivity index (χ0) is 26.1. The molecule has 190 valence electrons. The van der Waals surface area contributed by atoms with Gasteiger partial charge in [0.1, 0.15) is 24.1 Å². The zero-order valence-corrected chi connectivity index (χ0v) is 20.2. The van der Waals surface area contributed by atoms with Crippen molar-refractivity contribution < 1.29 is 43.9 Å². The number of esters is 1. The summed E-state index contributed by atoms with van der Waals surface area (Å²) in [5, 5.41) is 39.1. The Morgan fingerprint density at radius 1 is 1.06 bits per heavy atom. The minimum Gasteiger partial charge on any atom is -0.479 e. The number of ether oxygens (including phenoxy) is 2. The molecule has 1 aliphatic heterocycles. The van der Waals surface area contributed by atoms with E-state index in [9.17, 15) is 34.4 Å². The highest BCUT2D eigenvalue weighted by molar-refractivity contribution is 7.98. The molecule has 0 bridgehead atoms. The quantitative estimate of drug-likeness (QED) is 0.338. The van der Waals surface area contributed by atoms with E-state index in [1.165, 1.54) is 12.1 Å². The van der Waals surface area contributed by atoms with E-state index in [1.54, 1.807) is 24.8 Å². The topological polar surface area (TPSA) is 134 Å². The first-order chi connectivity index (χ1) is 17.1. The molecule has 5 atom stereocenters. The van der Waals surface area contributed by atoms with E-state index >= 15 is 0 Å². The first-order valence-corrected chi connectivity index (χ1v) is 12.3. The van der Waals surface area contributed by atoms with E-state index in [0.29, 0.717) is 11.1 Å². The van der Waals surface area contributed by atoms with Gasteiger partial charge in [0, 0.05) is 4.90 Å². The highest BCUT2D eigenvalue weighted by Crippen LogP contribution is 2.44. The molecular weight excluding hydrogens is 491 g/mol. The Labute approximate surface area is 210 Å². The van der Waals surface area contributed by atoms with Crippen LogP contribution >= 0.6 is 11.8 Å². The number of carbonyl (C=O) groups excluding carboxylic acids is 1. The molecule has 0 radical (unpaired) electrons. The van der Waals surface area contributed by atoms with Crippen LogP contribution in [0.4, 0.5) is 4.39 Å². The standard InChI is InChI=1S/C26H25FO8S/c1-12-17(9-13-3-6-15(36-2)7-4-13)16-8-5-14(27)10-19(16)18(12)11-20(28)34-26-23(31)21(29)22(30)24(35-26)25(32)33/h3-10,21-24,26,29-31H,11H2,1-2H3,(H,32,33). The molecule has 0 amide bonds. The Bertz CT molecular complexity index is 1240. The Morgan fingerprint density at radius 3 is 2.39 bits per heavy atom. The van der Waals surface area contributed by atoms with Gasteiger partial charge in [-0.25, -0.2) is 9.18 Å². The summed E-state index contributed by atoms with van der Waals surface area (Å²) < 4.78 is 24.3. The Morgan fingerprint density at radius 2 is 1.75 bits per heavy atom. The fourth-order valence-electron chi connectivity index (χ4n) is 4.31. The number of aliphatic carboxylic acids is 1. The van der Waals surface area contributed by atoms with Crippen LogP contribution in [-0.4, -0.2) is 69.3 Å². The second kappa shape index (κ2) is 10.5. The monoisotopic (exact) mass is 516 g/mol. The summed E-state index contributed by atoms with van der Waals surface area (Å²) in [6.45, 7) is 1.80. The van der Waals surface area contributed by atoms with Crippen molar-refractivity contribution in [1.29, 1.82) is 0 Å². The number of hydrogen-bond donors (Lipinski definition) is 4. The molecule has 2 aromatic carbocycles. The largest absolute Gasteiger partial charge is 0.479 e. The smallest absolute Gasteiger partial charge is 0.335 e. The fourth-order valence-corrected chi connectivity index (χ4v) is 4.72. The minimum atomic E-state index is -1.90. The fraction of sp³-hybridized carbons (Fsp3) is 0.308. The van der Waals surface area contributed by atoms with E-state index in [-0.39, 0.29) is 6.42 Å². The summed E-state index contributed by atoms with van der Waals surface area (Å²) in [5.74, 6) is -2.96. The lowest BCUT2D eigenvalue weighted by Crippen LogP contribution is -2.60. The molecule has 2 aromatic rings. The summed E-state index contributed by atoms with van der Waals surface area (Å²) in [5.41, 5.74) is 4.22. The lowest BCUT2D eigenvalue weighted by molar-refractivity contribution is -0.286. The lowest BCUT2D eigenvalue weighted by Gasteiger charge is -2.38. The predicted octanol–water partition coefficient (Wildman–Crippen LogP) is 2.70. The maximum Gasteiger partial charge on any atom is 0.335 e. The number of hydrogen-bond acceptors (Lipinski definition) is 8. The number of carboxylic acids is 1. The summed E-state index contributed by atoms with van der Waals surface area (Å²) in [4.78, 5) is 25.2. The molecule has 1 fully saturated rings. The lowest BCUT2D eigenvalue weighted by atomic mass is 9.99. The molecule has 10 heteroatoms. The molecule has 4 N–H and O–H groups in total. The van der Waals surface area contributed by atoms with Crippen LogP contribution in [-0.2, 0) is 19.1 Å². The number of fused-ring (bicyclic) bond motifs is 1. The first kappa shape index (κ1) is 26.1. The van der Waals surface area contributed by atoms with Crippen LogP contribution in [0.2, 0.25) is 0 Å². The molecule has 1 saturated heterocycles. The molecule has 5 unspecified atom stereocenters. The van der Waals surface area contributed by atoms with Crippen molar-refractivity contribution >= 4 is 40.9 Å². The number of carbonyl (C=O) groups is 2. The van der Waals surface area contributed by atoms with Crippen molar-refractivity contribution in [2.24, 2.45) is 0 Å². The zero-order valence-electron chi connectivity index (χ0n) is 19.4. The van der Waals surface area contributed by atoms with Crippen molar-refractivity contribution in [3.8, 4) is 0 Å². The number of rotatable bonds is 6. The van der Waals surface area contributed by atoms with Gasteiger partial charge >= 0.3 is 11.9 Å². The molecular formula is C26H25FO8S. The number of aliphatic hydroxyl groups excluding tert-OH is 3. The number of aliphatic hydroxyl groups is 3. The third kappa shape index (κ3) is 5.09. The first-order valence-electron chi connectivity index (χ1n) is 11.1. The van der Waals surface area contributed by atoms with Gasteiger partial charge in [0.25, 0.3) is 0 Å². The summed E-state index contributed by atoms with van der Waals surface area (Å²) in [6, 6.07) is 12.2. The Hall–Kier alpha value is -3.02. The van der Waals surface area contributed by atoms with Gasteiger partial charge < -0.3 is 29.9 Å². The number of carboxylic acid groups (broad SMARTS) is 1. The van der Waals surface area contributed by atoms with E-state index in [2.05, 4.69) is 0 Å². The SMILES string of the molecule is CSc1ccc(C=C2C(C)=C(CC(=O)OC3OC(C(=O)O)C(O)C(O)C3O)c3cc(F)ccc32)cc1. The molecule has 1 heterocycles. The normalized spacial score (nSPS) is 26.7.